The van der Waals surface area contributed by atoms with Crippen molar-refractivity contribution in [3.63, 3.8) is 0 Å². The molecule has 0 aliphatic carbocycles. The van der Waals surface area contributed by atoms with Crippen molar-refractivity contribution in [2.24, 2.45) is 5.73 Å². The molecule has 0 radical (unpaired) electrons. The van der Waals surface area contributed by atoms with Gasteiger partial charge in [0.1, 0.15) is 6.07 Å². The van der Waals surface area contributed by atoms with Crippen LogP contribution in [0.5, 0.6) is 0 Å². The molecule has 1 aromatic rings. The molecule has 0 aliphatic heterocycles. The van der Waals surface area contributed by atoms with Gasteiger partial charge < -0.3 is 11.5 Å². The largest absolute Gasteiger partial charge is 0.397 e. The highest BCUT2D eigenvalue weighted by Crippen LogP contribution is 2.12. The molecule has 74 valence electrons. The van der Waals surface area contributed by atoms with Crippen molar-refractivity contribution in [2.75, 3.05) is 12.3 Å². The van der Waals surface area contributed by atoms with Crippen molar-refractivity contribution in [1.82, 2.24) is 4.98 Å². The number of nitrogens with zero attached hydrogens (tertiary/aromatic N) is 2. The first-order valence-electron chi connectivity index (χ1n) is 4.62. The van der Waals surface area contributed by atoms with Crippen molar-refractivity contribution in [3.8, 4) is 6.07 Å². The lowest BCUT2D eigenvalue weighted by Gasteiger charge is -2.03. The van der Waals surface area contributed by atoms with E-state index in [1.165, 1.54) is 0 Å². The Bertz CT molecular complexity index is 340. The number of aromatic nitrogens is 1. The summed E-state index contributed by atoms with van der Waals surface area (Å²) in [6.45, 7) is 0.691. The van der Waals surface area contributed by atoms with E-state index in [0.717, 1.165) is 25.0 Å². The van der Waals surface area contributed by atoms with E-state index in [9.17, 15) is 0 Å². The summed E-state index contributed by atoms with van der Waals surface area (Å²) >= 11 is 0. The third-order valence-electron chi connectivity index (χ3n) is 2.00. The zero-order valence-corrected chi connectivity index (χ0v) is 8.03. The molecule has 1 heterocycles. The third-order valence-corrected chi connectivity index (χ3v) is 2.00. The van der Waals surface area contributed by atoms with Crippen molar-refractivity contribution in [3.05, 3.63) is 23.5 Å². The summed E-state index contributed by atoms with van der Waals surface area (Å²) in [6, 6.07) is 3.66. The van der Waals surface area contributed by atoms with E-state index in [-0.39, 0.29) is 0 Å². The summed E-state index contributed by atoms with van der Waals surface area (Å²) in [5.41, 5.74) is 13.1. The summed E-state index contributed by atoms with van der Waals surface area (Å²) in [4.78, 5) is 4.13. The van der Waals surface area contributed by atoms with Crippen LogP contribution in [0.2, 0.25) is 0 Å². The second-order valence-corrected chi connectivity index (χ2v) is 3.12. The highest BCUT2D eigenvalue weighted by molar-refractivity contribution is 5.47. The van der Waals surface area contributed by atoms with Crippen LogP contribution in [0.4, 0.5) is 5.69 Å². The summed E-state index contributed by atoms with van der Waals surface area (Å²) in [7, 11) is 0. The molecule has 0 amide bonds. The minimum absolute atomic E-state index is 0.505. The molecule has 0 fully saturated rings. The molecule has 0 atom stereocenters. The highest BCUT2D eigenvalue weighted by atomic mass is 14.7. The molecule has 14 heavy (non-hydrogen) atoms. The van der Waals surface area contributed by atoms with Gasteiger partial charge in [0.25, 0.3) is 0 Å². The minimum atomic E-state index is 0.505. The summed E-state index contributed by atoms with van der Waals surface area (Å²) < 4.78 is 0. The number of unbranched alkanes of at least 4 members (excludes halogenated alkanes) is 1. The smallest absolute Gasteiger partial charge is 0.101 e. The number of anilines is 1. The van der Waals surface area contributed by atoms with Crippen LogP contribution in [-0.2, 0) is 6.42 Å². The fourth-order valence-corrected chi connectivity index (χ4v) is 1.22. The topological polar surface area (TPSA) is 88.7 Å². The Labute approximate surface area is 83.5 Å². The number of hydrogen-bond donors (Lipinski definition) is 2. The summed E-state index contributed by atoms with van der Waals surface area (Å²) in [5.74, 6) is 0. The molecule has 4 heteroatoms. The molecule has 0 bridgehead atoms. The zero-order valence-electron chi connectivity index (χ0n) is 8.03. The molecule has 4 N–H and O–H groups in total. The number of rotatable bonds is 4. The molecule has 0 saturated heterocycles. The lowest BCUT2D eigenvalue weighted by Crippen LogP contribution is -2.02. The van der Waals surface area contributed by atoms with Gasteiger partial charge in [-0.2, -0.15) is 5.26 Å². The van der Waals surface area contributed by atoms with Gasteiger partial charge in [-0.1, -0.05) is 0 Å². The van der Waals surface area contributed by atoms with Gasteiger partial charge in [0.05, 0.1) is 16.9 Å². The molecule has 0 saturated carbocycles. The molecule has 0 spiro atoms. The standard InChI is InChI=1S/C10H14N4/c11-4-2-1-3-10-9(13)5-8(6-12)7-14-10/h5,7H,1-4,11,13H2. The minimum Gasteiger partial charge on any atom is -0.397 e. The van der Waals surface area contributed by atoms with Gasteiger partial charge in [-0.15, -0.1) is 0 Å². The van der Waals surface area contributed by atoms with E-state index in [1.54, 1.807) is 12.3 Å². The molecule has 1 aromatic heterocycles. The Morgan fingerprint density at radius 3 is 2.79 bits per heavy atom. The Hall–Kier alpha value is -1.60. The van der Waals surface area contributed by atoms with Crippen LogP contribution < -0.4 is 11.5 Å². The number of pyridine rings is 1. The number of nitrogen functional groups attached to an aromatic ring is 1. The number of hydrogen-bond acceptors (Lipinski definition) is 4. The lowest BCUT2D eigenvalue weighted by molar-refractivity contribution is 0.734. The predicted molar refractivity (Wildman–Crippen MR) is 55.4 cm³/mol. The number of nitriles is 1. The zero-order chi connectivity index (χ0) is 10.4. The average Bonchev–Trinajstić information content (AvgIpc) is 2.20. The summed E-state index contributed by atoms with van der Waals surface area (Å²) in [5, 5.41) is 8.60. The van der Waals surface area contributed by atoms with Crippen LogP contribution >= 0.6 is 0 Å². The monoisotopic (exact) mass is 190 g/mol. The Balaban J connectivity index is 2.65. The predicted octanol–water partition coefficient (Wildman–Crippen LogP) is 0.817. The molecule has 0 aliphatic rings. The van der Waals surface area contributed by atoms with Crippen LogP contribution in [0.3, 0.4) is 0 Å². The fourth-order valence-electron chi connectivity index (χ4n) is 1.22. The van der Waals surface area contributed by atoms with Gasteiger partial charge >= 0.3 is 0 Å². The van der Waals surface area contributed by atoms with E-state index in [2.05, 4.69) is 4.98 Å². The SMILES string of the molecule is N#Cc1cnc(CCCCN)c(N)c1. The quantitative estimate of drug-likeness (QED) is 0.688. The van der Waals surface area contributed by atoms with Gasteiger partial charge in [-0.3, -0.25) is 4.98 Å². The first-order valence-corrected chi connectivity index (χ1v) is 4.62. The van der Waals surface area contributed by atoms with E-state index in [4.69, 9.17) is 16.7 Å². The molecular weight excluding hydrogens is 176 g/mol. The van der Waals surface area contributed by atoms with Gasteiger partial charge in [-0.25, -0.2) is 0 Å². The molecular formula is C10H14N4. The Morgan fingerprint density at radius 1 is 1.43 bits per heavy atom. The Morgan fingerprint density at radius 2 is 2.21 bits per heavy atom. The molecule has 0 unspecified atom stereocenters. The normalized spacial score (nSPS) is 9.71. The molecule has 1 rings (SSSR count). The van der Waals surface area contributed by atoms with Gasteiger partial charge in [0.15, 0.2) is 0 Å². The van der Waals surface area contributed by atoms with Crippen LogP contribution in [0.1, 0.15) is 24.1 Å². The maximum absolute atomic E-state index is 8.60. The van der Waals surface area contributed by atoms with E-state index in [1.807, 2.05) is 6.07 Å². The van der Waals surface area contributed by atoms with Gasteiger partial charge in [0, 0.05) is 6.20 Å². The van der Waals surface area contributed by atoms with Crippen LogP contribution in [-0.4, -0.2) is 11.5 Å². The van der Waals surface area contributed by atoms with E-state index >= 15 is 0 Å². The summed E-state index contributed by atoms with van der Waals surface area (Å²) in [6.07, 6.45) is 4.34. The molecule has 4 nitrogen and oxygen atoms in total. The maximum atomic E-state index is 8.60. The first kappa shape index (κ1) is 10.5. The fraction of sp³-hybridized carbons (Fsp3) is 0.400. The maximum Gasteiger partial charge on any atom is 0.101 e. The van der Waals surface area contributed by atoms with Crippen molar-refractivity contribution >= 4 is 5.69 Å². The van der Waals surface area contributed by atoms with Crippen LogP contribution in [0, 0.1) is 11.3 Å². The van der Waals surface area contributed by atoms with Gasteiger partial charge in [-0.05, 0) is 31.9 Å². The second kappa shape index (κ2) is 5.20. The van der Waals surface area contributed by atoms with E-state index in [0.29, 0.717) is 17.8 Å². The highest BCUT2D eigenvalue weighted by Gasteiger charge is 2.01. The van der Waals surface area contributed by atoms with E-state index < -0.39 is 0 Å². The Kier molecular flexibility index (Phi) is 3.89. The first-order chi connectivity index (χ1) is 6.77. The second-order valence-electron chi connectivity index (χ2n) is 3.12. The van der Waals surface area contributed by atoms with Crippen LogP contribution in [0.25, 0.3) is 0 Å². The average molecular weight is 190 g/mol. The van der Waals surface area contributed by atoms with Crippen molar-refractivity contribution < 1.29 is 0 Å². The van der Waals surface area contributed by atoms with Crippen LogP contribution in [0.15, 0.2) is 12.3 Å². The number of nitrogens with two attached hydrogens (primary N) is 2. The molecule has 0 aromatic carbocycles. The third kappa shape index (κ3) is 2.71. The number of aryl methyl sites for hydroxylation is 1. The lowest BCUT2D eigenvalue weighted by atomic mass is 10.1. The van der Waals surface area contributed by atoms with Crippen molar-refractivity contribution in [1.29, 1.82) is 5.26 Å². The van der Waals surface area contributed by atoms with Gasteiger partial charge in [0.2, 0.25) is 0 Å². The van der Waals surface area contributed by atoms with Crippen molar-refractivity contribution in [2.45, 2.75) is 19.3 Å².